The highest BCUT2D eigenvalue weighted by Crippen LogP contribution is 2.23. The van der Waals surface area contributed by atoms with Gasteiger partial charge in [0.05, 0.1) is 4.88 Å². The van der Waals surface area contributed by atoms with Gasteiger partial charge < -0.3 is 10.0 Å². The Morgan fingerprint density at radius 3 is 2.56 bits per heavy atom. The van der Waals surface area contributed by atoms with Crippen LogP contribution in [0, 0.1) is 0 Å². The average molecular weight is 261 g/mol. The number of aryl methyl sites for hydroxylation is 1. The predicted molar refractivity (Wildman–Crippen MR) is 74.5 cm³/mol. The first-order chi connectivity index (χ1) is 8.63. The molecule has 1 aromatic heterocycles. The largest absolute Gasteiger partial charge is 0.508 e. The fraction of sp³-hybridized carbons (Fsp3) is 0.214. The second kappa shape index (κ2) is 5.23. The third kappa shape index (κ3) is 2.38. The Morgan fingerprint density at radius 1 is 1.28 bits per heavy atom. The summed E-state index contributed by atoms with van der Waals surface area (Å²) in [5, 5.41) is 11.2. The molecule has 4 heteroatoms. The van der Waals surface area contributed by atoms with Crippen molar-refractivity contribution in [3.63, 3.8) is 0 Å². The van der Waals surface area contributed by atoms with E-state index in [1.54, 1.807) is 36.2 Å². The predicted octanol–water partition coefficient (Wildman–Crippen LogP) is 3.29. The molecule has 0 spiro atoms. The minimum absolute atomic E-state index is 0.00691. The standard InChI is InChI=1S/C14H15NO2S/c1-3-10-8-9-18-13(10)14(17)15(2)11-4-6-12(16)7-5-11/h4-9,16H,3H2,1-2H3. The van der Waals surface area contributed by atoms with Crippen molar-refractivity contribution < 1.29 is 9.90 Å². The van der Waals surface area contributed by atoms with Crippen LogP contribution in [0.25, 0.3) is 0 Å². The molecule has 2 aromatic rings. The lowest BCUT2D eigenvalue weighted by molar-refractivity contribution is 0.0996. The van der Waals surface area contributed by atoms with Crippen LogP contribution in [-0.2, 0) is 6.42 Å². The number of benzene rings is 1. The first kappa shape index (κ1) is 12.6. The van der Waals surface area contributed by atoms with E-state index in [-0.39, 0.29) is 11.7 Å². The second-order valence-corrected chi connectivity index (χ2v) is 4.93. The summed E-state index contributed by atoms with van der Waals surface area (Å²) in [6.45, 7) is 2.04. The summed E-state index contributed by atoms with van der Waals surface area (Å²) < 4.78 is 0. The van der Waals surface area contributed by atoms with Gasteiger partial charge in [0.2, 0.25) is 0 Å². The Labute approximate surface area is 110 Å². The first-order valence-corrected chi connectivity index (χ1v) is 6.65. The maximum atomic E-state index is 12.3. The van der Waals surface area contributed by atoms with Crippen molar-refractivity contribution in [2.24, 2.45) is 0 Å². The van der Waals surface area contributed by atoms with E-state index in [1.807, 2.05) is 18.4 Å². The van der Waals surface area contributed by atoms with Crippen molar-refractivity contribution in [3.8, 4) is 5.75 Å². The van der Waals surface area contributed by atoms with Gasteiger partial charge in [-0.1, -0.05) is 6.92 Å². The minimum atomic E-state index is -0.00691. The lowest BCUT2D eigenvalue weighted by Gasteiger charge is -2.17. The van der Waals surface area contributed by atoms with E-state index in [0.29, 0.717) is 0 Å². The van der Waals surface area contributed by atoms with Crippen LogP contribution >= 0.6 is 11.3 Å². The van der Waals surface area contributed by atoms with Crippen molar-refractivity contribution in [2.75, 3.05) is 11.9 Å². The summed E-state index contributed by atoms with van der Waals surface area (Å²) in [6, 6.07) is 8.60. The van der Waals surface area contributed by atoms with Gasteiger partial charge >= 0.3 is 0 Å². The number of rotatable bonds is 3. The molecule has 0 unspecified atom stereocenters. The van der Waals surface area contributed by atoms with Crippen LogP contribution in [0.5, 0.6) is 5.75 Å². The van der Waals surface area contributed by atoms with E-state index in [4.69, 9.17) is 0 Å². The fourth-order valence-electron chi connectivity index (χ4n) is 1.75. The molecule has 1 N–H and O–H groups in total. The lowest BCUT2D eigenvalue weighted by Crippen LogP contribution is -2.26. The highest BCUT2D eigenvalue weighted by molar-refractivity contribution is 7.12. The maximum absolute atomic E-state index is 12.3. The van der Waals surface area contributed by atoms with E-state index in [2.05, 4.69) is 0 Å². The monoisotopic (exact) mass is 261 g/mol. The van der Waals surface area contributed by atoms with E-state index in [9.17, 15) is 9.90 Å². The van der Waals surface area contributed by atoms with Crippen molar-refractivity contribution in [2.45, 2.75) is 13.3 Å². The molecular formula is C14H15NO2S. The van der Waals surface area contributed by atoms with Gasteiger partial charge in [0.1, 0.15) is 5.75 Å². The fourth-order valence-corrected chi connectivity index (χ4v) is 2.72. The summed E-state index contributed by atoms with van der Waals surface area (Å²) in [5.41, 5.74) is 1.85. The molecule has 1 amide bonds. The zero-order valence-corrected chi connectivity index (χ0v) is 11.2. The van der Waals surface area contributed by atoms with Crippen LogP contribution in [0.4, 0.5) is 5.69 Å². The van der Waals surface area contributed by atoms with Crippen LogP contribution in [-0.4, -0.2) is 18.1 Å². The maximum Gasteiger partial charge on any atom is 0.268 e. The molecule has 0 atom stereocenters. The molecule has 0 radical (unpaired) electrons. The molecule has 1 heterocycles. The summed E-state index contributed by atoms with van der Waals surface area (Å²) in [5.74, 6) is 0.192. The highest BCUT2D eigenvalue weighted by atomic mass is 32.1. The third-order valence-electron chi connectivity index (χ3n) is 2.86. The van der Waals surface area contributed by atoms with Gasteiger partial charge in [-0.05, 0) is 47.7 Å². The number of aromatic hydroxyl groups is 1. The van der Waals surface area contributed by atoms with Gasteiger partial charge in [-0.2, -0.15) is 0 Å². The number of amides is 1. The Bertz CT molecular complexity index is 545. The molecule has 0 bridgehead atoms. The van der Waals surface area contributed by atoms with Crippen LogP contribution in [0.2, 0.25) is 0 Å². The smallest absolute Gasteiger partial charge is 0.268 e. The van der Waals surface area contributed by atoms with Gasteiger partial charge in [0, 0.05) is 12.7 Å². The summed E-state index contributed by atoms with van der Waals surface area (Å²) >= 11 is 1.47. The van der Waals surface area contributed by atoms with Gasteiger partial charge in [-0.25, -0.2) is 0 Å². The summed E-state index contributed by atoms with van der Waals surface area (Å²) in [4.78, 5) is 14.7. The average Bonchev–Trinajstić information content (AvgIpc) is 2.86. The molecule has 0 fully saturated rings. The molecule has 0 aliphatic carbocycles. The number of thiophene rings is 1. The van der Waals surface area contributed by atoms with Crippen molar-refractivity contribution in [1.29, 1.82) is 0 Å². The summed E-state index contributed by atoms with van der Waals surface area (Å²) in [6.07, 6.45) is 0.855. The SMILES string of the molecule is CCc1ccsc1C(=O)N(C)c1ccc(O)cc1. The van der Waals surface area contributed by atoms with Gasteiger partial charge in [0.15, 0.2) is 0 Å². The molecular weight excluding hydrogens is 246 g/mol. The number of carbonyl (C=O) groups excluding carboxylic acids is 1. The molecule has 18 heavy (non-hydrogen) atoms. The lowest BCUT2D eigenvalue weighted by atomic mass is 10.2. The Balaban J connectivity index is 2.26. The number of anilines is 1. The summed E-state index contributed by atoms with van der Waals surface area (Å²) in [7, 11) is 1.74. The van der Waals surface area contributed by atoms with Crippen LogP contribution in [0.15, 0.2) is 35.7 Å². The molecule has 94 valence electrons. The van der Waals surface area contributed by atoms with Gasteiger partial charge in [-0.3, -0.25) is 4.79 Å². The van der Waals surface area contributed by atoms with Crippen molar-refractivity contribution >= 4 is 22.9 Å². The molecule has 0 saturated carbocycles. The first-order valence-electron chi connectivity index (χ1n) is 5.77. The molecule has 0 aliphatic rings. The molecule has 3 nitrogen and oxygen atoms in total. The minimum Gasteiger partial charge on any atom is -0.508 e. The van der Waals surface area contributed by atoms with Crippen LogP contribution < -0.4 is 4.90 Å². The number of carbonyl (C=O) groups is 1. The van der Waals surface area contributed by atoms with Crippen molar-refractivity contribution in [1.82, 2.24) is 0 Å². The molecule has 0 saturated heterocycles. The van der Waals surface area contributed by atoms with Gasteiger partial charge in [0.25, 0.3) is 5.91 Å². The van der Waals surface area contributed by atoms with E-state index in [0.717, 1.165) is 22.5 Å². The second-order valence-electron chi connectivity index (χ2n) is 4.01. The molecule has 2 rings (SSSR count). The topological polar surface area (TPSA) is 40.5 Å². The van der Waals surface area contributed by atoms with Crippen LogP contribution in [0.3, 0.4) is 0 Å². The number of phenolic OH excluding ortho intramolecular Hbond substituents is 1. The van der Waals surface area contributed by atoms with Crippen molar-refractivity contribution in [3.05, 3.63) is 46.2 Å². The zero-order valence-electron chi connectivity index (χ0n) is 10.4. The number of phenols is 1. The highest BCUT2D eigenvalue weighted by Gasteiger charge is 2.17. The Kier molecular flexibility index (Phi) is 3.67. The van der Waals surface area contributed by atoms with E-state index < -0.39 is 0 Å². The number of hydrogen-bond donors (Lipinski definition) is 1. The normalized spacial score (nSPS) is 10.3. The van der Waals surface area contributed by atoms with Crippen LogP contribution in [0.1, 0.15) is 22.2 Å². The quantitative estimate of drug-likeness (QED) is 0.921. The zero-order chi connectivity index (χ0) is 13.1. The Hall–Kier alpha value is -1.81. The number of nitrogens with zero attached hydrogens (tertiary/aromatic N) is 1. The van der Waals surface area contributed by atoms with Gasteiger partial charge in [-0.15, -0.1) is 11.3 Å². The molecule has 1 aromatic carbocycles. The third-order valence-corrected chi connectivity index (χ3v) is 3.81. The Morgan fingerprint density at radius 2 is 1.94 bits per heavy atom. The number of hydrogen-bond acceptors (Lipinski definition) is 3. The van der Waals surface area contributed by atoms with E-state index >= 15 is 0 Å². The van der Waals surface area contributed by atoms with E-state index in [1.165, 1.54) is 11.3 Å². The molecule has 0 aliphatic heterocycles.